The molecule has 0 amide bonds. The van der Waals surface area contributed by atoms with E-state index in [1.807, 2.05) is 0 Å². The fourth-order valence-electron chi connectivity index (χ4n) is 2.94. The van der Waals surface area contributed by atoms with Gasteiger partial charge in [0.25, 0.3) is 0 Å². The summed E-state index contributed by atoms with van der Waals surface area (Å²) in [6.45, 7) is 8.26. The van der Waals surface area contributed by atoms with Crippen molar-refractivity contribution in [2.75, 3.05) is 6.54 Å². The number of rotatable bonds is 11. The maximum atomic E-state index is 3.72. The predicted molar refractivity (Wildman–Crippen MR) is 82.0 cm³/mol. The van der Waals surface area contributed by atoms with Crippen molar-refractivity contribution in [3.63, 3.8) is 0 Å². The van der Waals surface area contributed by atoms with Gasteiger partial charge in [-0.2, -0.15) is 0 Å². The van der Waals surface area contributed by atoms with E-state index in [0.29, 0.717) is 0 Å². The lowest BCUT2D eigenvalue weighted by Crippen LogP contribution is -2.43. The third-order valence-electron chi connectivity index (χ3n) is 4.58. The summed E-state index contributed by atoms with van der Waals surface area (Å²) in [7, 11) is 0. The van der Waals surface area contributed by atoms with E-state index in [1.165, 1.54) is 70.8 Å². The molecular weight excluding hydrogens is 218 g/mol. The van der Waals surface area contributed by atoms with E-state index in [4.69, 9.17) is 0 Å². The molecule has 0 aliphatic heterocycles. The first-order chi connectivity index (χ1) is 8.74. The van der Waals surface area contributed by atoms with Crippen LogP contribution in [0.5, 0.6) is 0 Å². The van der Waals surface area contributed by atoms with Crippen LogP contribution >= 0.6 is 0 Å². The van der Waals surface area contributed by atoms with Crippen molar-refractivity contribution in [3.05, 3.63) is 0 Å². The van der Waals surface area contributed by atoms with Crippen molar-refractivity contribution in [1.29, 1.82) is 0 Å². The average molecular weight is 253 g/mol. The molecule has 108 valence electrons. The van der Waals surface area contributed by atoms with Gasteiger partial charge in [-0.3, -0.25) is 0 Å². The maximum Gasteiger partial charge on any atom is 0.00725 e. The Bertz CT molecular complexity index is 182. The highest BCUT2D eigenvalue weighted by molar-refractivity contribution is 4.86. The first-order valence-corrected chi connectivity index (χ1v) is 8.47. The second kappa shape index (κ2) is 9.83. The number of unbranched alkanes of at least 4 members (excludes halogenated alkanes) is 7. The number of hydrogen-bond donors (Lipinski definition) is 1. The van der Waals surface area contributed by atoms with Crippen LogP contribution in [0, 0.1) is 11.8 Å². The molecule has 0 spiro atoms. The zero-order valence-corrected chi connectivity index (χ0v) is 13.0. The highest BCUT2D eigenvalue weighted by Crippen LogP contribution is 2.33. The van der Waals surface area contributed by atoms with Gasteiger partial charge < -0.3 is 5.32 Å². The fourth-order valence-corrected chi connectivity index (χ4v) is 2.94. The molecule has 1 saturated carbocycles. The van der Waals surface area contributed by atoms with E-state index in [9.17, 15) is 0 Å². The van der Waals surface area contributed by atoms with E-state index in [2.05, 4.69) is 26.1 Å². The summed E-state index contributed by atoms with van der Waals surface area (Å²) in [6, 6.07) is 0.849. The lowest BCUT2D eigenvalue weighted by atomic mass is 9.74. The molecule has 0 bridgehead atoms. The highest BCUT2D eigenvalue weighted by Gasteiger charge is 2.30. The van der Waals surface area contributed by atoms with E-state index in [0.717, 1.165) is 17.9 Å². The molecule has 0 radical (unpaired) electrons. The van der Waals surface area contributed by atoms with Gasteiger partial charge >= 0.3 is 0 Å². The molecule has 0 heterocycles. The van der Waals surface area contributed by atoms with E-state index < -0.39 is 0 Å². The van der Waals surface area contributed by atoms with Gasteiger partial charge in [-0.1, -0.05) is 65.7 Å². The molecular formula is C17H35N. The van der Waals surface area contributed by atoms with Gasteiger partial charge in [0.2, 0.25) is 0 Å². The van der Waals surface area contributed by atoms with Crippen molar-refractivity contribution in [3.8, 4) is 0 Å². The highest BCUT2D eigenvalue weighted by atomic mass is 14.9. The quantitative estimate of drug-likeness (QED) is 0.502. The van der Waals surface area contributed by atoms with Gasteiger partial charge in [-0.25, -0.2) is 0 Å². The zero-order chi connectivity index (χ0) is 13.2. The molecule has 1 heteroatoms. The van der Waals surface area contributed by atoms with Crippen LogP contribution in [0.2, 0.25) is 0 Å². The second-order valence-corrected chi connectivity index (χ2v) is 6.60. The average Bonchev–Trinajstić information content (AvgIpc) is 2.28. The minimum Gasteiger partial charge on any atom is -0.314 e. The van der Waals surface area contributed by atoms with Crippen LogP contribution in [0.4, 0.5) is 0 Å². The second-order valence-electron chi connectivity index (χ2n) is 6.60. The molecule has 1 aliphatic carbocycles. The molecule has 1 rings (SSSR count). The van der Waals surface area contributed by atoms with Crippen molar-refractivity contribution < 1.29 is 0 Å². The Hall–Kier alpha value is -0.0400. The SMILES string of the molecule is CCCCCCCCCCNC1CC(C(C)C)C1. The van der Waals surface area contributed by atoms with E-state index in [1.54, 1.807) is 0 Å². The third kappa shape index (κ3) is 6.78. The molecule has 0 aromatic carbocycles. The first-order valence-electron chi connectivity index (χ1n) is 8.47. The molecule has 0 atom stereocenters. The molecule has 0 aromatic rings. The normalized spacial score (nSPS) is 23.3. The molecule has 1 N–H and O–H groups in total. The molecule has 1 fully saturated rings. The summed E-state index contributed by atoms with van der Waals surface area (Å²) in [4.78, 5) is 0. The van der Waals surface area contributed by atoms with Crippen LogP contribution in [-0.4, -0.2) is 12.6 Å². The van der Waals surface area contributed by atoms with Crippen LogP contribution in [0.1, 0.15) is 85.0 Å². The van der Waals surface area contributed by atoms with Crippen LogP contribution in [0.15, 0.2) is 0 Å². The van der Waals surface area contributed by atoms with Crippen molar-refractivity contribution in [2.24, 2.45) is 11.8 Å². The molecule has 18 heavy (non-hydrogen) atoms. The van der Waals surface area contributed by atoms with Crippen LogP contribution in [0.25, 0.3) is 0 Å². The third-order valence-corrected chi connectivity index (χ3v) is 4.58. The monoisotopic (exact) mass is 253 g/mol. The summed E-state index contributed by atoms with van der Waals surface area (Å²) in [5.74, 6) is 1.90. The van der Waals surface area contributed by atoms with Crippen molar-refractivity contribution in [2.45, 2.75) is 91.0 Å². The minimum atomic E-state index is 0.849. The zero-order valence-electron chi connectivity index (χ0n) is 13.0. The van der Waals surface area contributed by atoms with Crippen molar-refractivity contribution in [1.82, 2.24) is 5.32 Å². The van der Waals surface area contributed by atoms with E-state index >= 15 is 0 Å². The number of nitrogens with one attached hydrogen (secondary N) is 1. The minimum absolute atomic E-state index is 0.849. The fraction of sp³-hybridized carbons (Fsp3) is 1.00. The van der Waals surface area contributed by atoms with Crippen LogP contribution in [0.3, 0.4) is 0 Å². The molecule has 1 nitrogen and oxygen atoms in total. The smallest absolute Gasteiger partial charge is 0.00725 e. The lowest BCUT2D eigenvalue weighted by Gasteiger charge is -2.38. The molecule has 0 unspecified atom stereocenters. The number of hydrogen-bond acceptors (Lipinski definition) is 1. The van der Waals surface area contributed by atoms with Crippen molar-refractivity contribution >= 4 is 0 Å². The Kier molecular flexibility index (Phi) is 8.75. The Labute approximate surface area is 115 Å². The van der Waals surface area contributed by atoms with Gasteiger partial charge in [0.1, 0.15) is 0 Å². The predicted octanol–water partition coefficient (Wildman–Crippen LogP) is 5.15. The van der Waals surface area contributed by atoms with E-state index in [-0.39, 0.29) is 0 Å². The summed E-state index contributed by atoms with van der Waals surface area (Å²) < 4.78 is 0. The Morgan fingerprint density at radius 3 is 2.00 bits per heavy atom. The molecule has 1 aliphatic rings. The summed E-state index contributed by atoms with van der Waals surface area (Å²) in [6.07, 6.45) is 14.3. The summed E-state index contributed by atoms with van der Waals surface area (Å²) in [5.41, 5.74) is 0. The van der Waals surface area contributed by atoms with Gasteiger partial charge in [0.15, 0.2) is 0 Å². The van der Waals surface area contributed by atoms with Crippen LogP contribution < -0.4 is 5.32 Å². The molecule has 0 aromatic heterocycles. The van der Waals surface area contributed by atoms with Gasteiger partial charge in [0.05, 0.1) is 0 Å². The van der Waals surface area contributed by atoms with Gasteiger partial charge in [0, 0.05) is 6.04 Å². The Morgan fingerprint density at radius 1 is 0.889 bits per heavy atom. The maximum absolute atomic E-state index is 3.72. The Morgan fingerprint density at radius 2 is 1.44 bits per heavy atom. The van der Waals surface area contributed by atoms with Crippen LogP contribution in [-0.2, 0) is 0 Å². The standard InChI is InChI=1S/C17H35N/c1-4-5-6-7-8-9-10-11-12-18-17-13-16(14-17)15(2)3/h15-18H,4-14H2,1-3H3. The summed E-state index contributed by atoms with van der Waals surface area (Å²) >= 11 is 0. The van der Waals surface area contributed by atoms with Gasteiger partial charge in [-0.05, 0) is 37.6 Å². The first kappa shape index (κ1) is 16.0. The molecule has 0 saturated heterocycles. The topological polar surface area (TPSA) is 12.0 Å². The lowest BCUT2D eigenvalue weighted by molar-refractivity contribution is 0.168. The van der Waals surface area contributed by atoms with Gasteiger partial charge in [-0.15, -0.1) is 0 Å². The summed E-state index contributed by atoms with van der Waals surface area (Å²) in [5, 5.41) is 3.72. The largest absolute Gasteiger partial charge is 0.314 e. The Balaban J connectivity index is 1.75.